The minimum Gasteiger partial charge on any atom is -0.395 e. The first-order valence-electron chi connectivity index (χ1n) is 5.91. The molecule has 1 aliphatic heterocycles. The standard InChI is InChI=1S/C11H13Br2NO4S2/c12-8-5-9(19-10(8)13)11(16)14(2-3-15)7-1-4-20(17,18)6-7/h5,7,15H,1-4,6H2. The van der Waals surface area contributed by atoms with Crippen molar-refractivity contribution in [1.29, 1.82) is 0 Å². The van der Waals surface area contributed by atoms with Gasteiger partial charge in [-0.05, 0) is 44.3 Å². The summed E-state index contributed by atoms with van der Waals surface area (Å²) in [5.74, 6) is -0.158. The number of amides is 1. The summed E-state index contributed by atoms with van der Waals surface area (Å²) in [7, 11) is -3.07. The Morgan fingerprint density at radius 1 is 1.50 bits per heavy atom. The molecule has 2 heterocycles. The van der Waals surface area contributed by atoms with Crippen LogP contribution in [0.2, 0.25) is 0 Å². The largest absolute Gasteiger partial charge is 0.395 e. The molecule has 1 aromatic rings. The number of hydrogen-bond donors (Lipinski definition) is 1. The van der Waals surface area contributed by atoms with Crippen LogP contribution in [0.1, 0.15) is 16.1 Å². The van der Waals surface area contributed by atoms with Crippen molar-refractivity contribution in [2.75, 3.05) is 24.7 Å². The van der Waals surface area contributed by atoms with E-state index in [-0.39, 0.29) is 36.6 Å². The van der Waals surface area contributed by atoms with Gasteiger partial charge in [-0.25, -0.2) is 8.42 Å². The van der Waals surface area contributed by atoms with Crippen LogP contribution in [0, 0.1) is 0 Å². The fraction of sp³-hybridized carbons (Fsp3) is 0.545. The lowest BCUT2D eigenvalue weighted by Crippen LogP contribution is -2.42. The number of carbonyl (C=O) groups is 1. The van der Waals surface area contributed by atoms with Crippen LogP contribution in [-0.2, 0) is 9.84 Å². The summed E-state index contributed by atoms with van der Waals surface area (Å²) in [5.41, 5.74) is 0. The lowest BCUT2D eigenvalue weighted by Gasteiger charge is -2.27. The zero-order valence-electron chi connectivity index (χ0n) is 10.4. The summed E-state index contributed by atoms with van der Waals surface area (Å²) < 4.78 is 24.7. The van der Waals surface area contributed by atoms with Crippen LogP contribution in [0.25, 0.3) is 0 Å². The van der Waals surface area contributed by atoms with E-state index in [0.29, 0.717) is 11.3 Å². The lowest BCUT2D eigenvalue weighted by atomic mass is 10.2. The highest BCUT2D eigenvalue weighted by molar-refractivity contribution is 9.13. The third-order valence-corrected chi connectivity index (χ3v) is 8.10. The van der Waals surface area contributed by atoms with Crippen LogP contribution in [0.3, 0.4) is 0 Å². The van der Waals surface area contributed by atoms with Crippen molar-refractivity contribution in [3.05, 3.63) is 19.2 Å². The van der Waals surface area contributed by atoms with Crippen molar-refractivity contribution >= 4 is 58.9 Å². The smallest absolute Gasteiger partial charge is 0.264 e. The third kappa shape index (κ3) is 3.62. The number of nitrogens with zero attached hydrogens (tertiary/aromatic N) is 1. The molecule has 1 unspecified atom stereocenters. The molecule has 0 bridgehead atoms. The molecule has 0 aromatic carbocycles. The fourth-order valence-corrected chi connectivity index (χ4v) is 5.89. The van der Waals surface area contributed by atoms with E-state index in [0.717, 1.165) is 8.26 Å². The topological polar surface area (TPSA) is 74.7 Å². The number of aliphatic hydroxyl groups is 1. The average Bonchev–Trinajstić information content (AvgIpc) is 2.89. The molecule has 1 aromatic heterocycles. The van der Waals surface area contributed by atoms with Gasteiger partial charge in [-0.15, -0.1) is 11.3 Å². The summed E-state index contributed by atoms with van der Waals surface area (Å²) in [6.45, 7) is -0.0395. The molecule has 0 saturated carbocycles. The summed E-state index contributed by atoms with van der Waals surface area (Å²) in [4.78, 5) is 14.5. The lowest BCUT2D eigenvalue weighted by molar-refractivity contribution is 0.0660. The second-order valence-electron chi connectivity index (χ2n) is 4.51. The zero-order chi connectivity index (χ0) is 14.9. The number of hydrogen-bond acceptors (Lipinski definition) is 5. The monoisotopic (exact) mass is 445 g/mol. The molecule has 9 heteroatoms. The molecule has 1 N–H and O–H groups in total. The molecule has 0 aliphatic carbocycles. The fourth-order valence-electron chi connectivity index (χ4n) is 2.17. The van der Waals surface area contributed by atoms with E-state index in [1.165, 1.54) is 16.2 Å². The molecule has 5 nitrogen and oxygen atoms in total. The Morgan fingerprint density at radius 2 is 2.20 bits per heavy atom. The van der Waals surface area contributed by atoms with Gasteiger partial charge in [-0.2, -0.15) is 0 Å². The van der Waals surface area contributed by atoms with Crippen molar-refractivity contribution in [2.24, 2.45) is 0 Å². The first kappa shape index (κ1) is 16.4. The van der Waals surface area contributed by atoms with Crippen molar-refractivity contribution in [3.8, 4) is 0 Å². The third-order valence-electron chi connectivity index (χ3n) is 3.11. The normalized spacial score (nSPS) is 21.1. The van der Waals surface area contributed by atoms with Crippen molar-refractivity contribution in [3.63, 3.8) is 0 Å². The zero-order valence-corrected chi connectivity index (χ0v) is 15.2. The Hall–Kier alpha value is 0.0400. The molecule has 2 rings (SSSR count). The molecule has 1 fully saturated rings. The first-order valence-corrected chi connectivity index (χ1v) is 10.1. The van der Waals surface area contributed by atoms with Gasteiger partial charge in [-0.3, -0.25) is 4.79 Å². The number of sulfone groups is 1. The molecule has 1 amide bonds. The van der Waals surface area contributed by atoms with Gasteiger partial charge < -0.3 is 10.0 Å². The van der Waals surface area contributed by atoms with Crippen LogP contribution < -0.4 is 0 Å². The van der Waals surface area contributed by atoms with E-state index >= 15 is 0 Å². The van der Waals surface area contributed by atoms with Gasteiger partial charge in [0.15, 0.2) is 9.84 Å². The molecule has 0 radical (unpaired) electrons. The van der Waals surface area contributed by atoms with Gasteiger partial charge in [0.2, 0.25) is 0 Å². The molecular formula is C11H13Br2NO4S2. The van der Waals surface area contributed by atoms with Crippen LogP contribution in [-0.4, -0.2) is 55.0 Å². The number of thiophene rings is 1. The Bertz CT molecular complexity index is 594. The van der Waals surface area contributed by atoms with E-state index in [2.05, 4.69) is 31.9 Å². The maximum atomic E-state index is 12.5. The van der Waals surface area contributed by atoms with Gasteiger partial charge in [0.05, 0.1) is 26.8 Å². The first-order chi connectivity index (χ1) is 9.34. The number of rotatable bonds is 4. The second kappa shape index (κ2) is 6.43. The van der Waals surface area contributed by atoms with E-state index in [9.17, 15) is 13.2 Å². The molecule has 0 spiro atoms. The average molecular weight is 447 g/mol. The molecule has 1 atom stereocenters. The Morgan fingerprint density at radius 3 is 2.65 bits per heavy atom. The highest BCUT2D eigenvalue weighted by Gasteiger charge is 2.35. The number of halogens is 2. The van der Waals surface area contributed by atoms with E-state index in [1.807, 2.05) is 0 Å². The van der Waals surface area contributed by atoms with Crippen LogP contribution >= 0.6 is 43.2 Å². The van der Waals surface area contributed by atoms with Crippen LogP contribution in [0.4, 0.5) is 0 Å². The SMILES string of the molecule is O=C(c1cc(Br)c(Br)s1)N(CCO)C1CCS(=O)(=O)C1. The Labute approximate surface area is 138 Å². The minimum absolute atomic E-state index is 0.0214. The van der Waals surface area contributed by atoms with Gasteiger partial charge in [-0.1, -0.05) is 0 Å². The van der Waals surface area contributed by atoms with E-state index < -0.39 is 9.84 Å². The highest BCUT2D eigenvalue weighted by Crippen LogP contribution is 2.33. The molecule has 20 heavy (non-hydrogen) atoms. The summed E-state index contributed by atoms with van der Waals surface area (Å²) in [6.07, 6.45) is 0.432. The molecule has 1 saturated heterocycles. The van der Waals surface area contributed by atoms with E-state index in [1.54, 1.807) is 6.07 Å². The maximum Gasteiger partial charge on any atom is 0.264 e. The van der Waals surface area contributed by atoms with Crippen LogP contribution in [0.5, 0.6) is 0 Å². The van der Waals surface area contributed by atoms with Gasteiger partial charge >= 0.3 is 0 Å². The van der Waals surface area contributed by atoms with Crippen LogP contribution in [0.15, 0.2) is 14.3 Å². The van der Waals surface area contributed by atoms with Crippen molar-refractivity contribution < 1.29 is 18.3 Å². The number of carbonyl (C=O) groups excluding carboxylic acids is 1. The quantitative estimate of drug-likeness (QED) is 0.766. The summed E-state index contributed by atoms with van der Waals surface area (Å²) in [5, 5.41) is 9.12. The van der Waals surface area contributed by atoms with Crippen molar-refractivity contribution in [2.45, 2.75) is 12.5 Å². The Kier molecular flexibility index (Phi) is 5.28. The highest BCUT2D eigenvalue weighted by atomic mass is 79.9. The van der Waals surface area contributed by atoms with E-state index in [4.69, 9.17) is 5.11 Å². The van der Waals surface area contributed by atoms with Crippen molar-refractivity contribution in [1.82, 2.24) is 4.90 Å². The predicted molar refractivity (Wildman–Crippen MR) is 84.9 cm³/mol. The second-order valence-corrected chi connectivity index (χ2v) is 9.96. The Balaban J connectivity index is 2.22. The molecule has 1 aliphatic rings. The molecule has 112 valence electrons. The van der Waals surface area contributed by atoms with Gasteiger partial charge in [0, 0.05) is 17.1 Å². The minimum atomic E-state index is -3.07. The number of aliphatic hydroxyl groups excluding tert-OH is 1. The maximum absolute atomic E-state index is 12.5. The summed E-state index contributed by atoms with van der Waals surface area (Å²) in [6, 6.07) is 1.35. The molecular weight excluding hydrogens is 434 g/mol. The van der Waals surface area contributed by atoms with Gasteiger partial charge in [0.1, 0.15) is 0 Å². The predicted octanol–water partition coefficient (Wildman–Crippen LogP) is 1.89. The van der Waals surface area contributed by atoms with Gasteiger partial charge in [0.25, 0.3) is 5.91 Å². The summed E-state index contributed by atoms with van der Waals surface area (Å²) >= 11 is 7.93.